The van der Waals surface area contributed by atoms with Crippen molar-refractivity contribution < 1.29 is 22.8 Å². The summed E-state index contributed by atoms with van der Waals surface area (Å²) < 4.78 is 37.7. The molecule has 146 valence electrons. The number of halogens is 3. The van der Waals surface area contributed by atoms with Gasteiger partial charge in [-0.2, -0.15) is 13.2 Å². The fourth-order valence-electron chi connectivity index (χ4n) is 3.72. The van der Waals surface area contributed by atoms with Crippen molar-refractivity contribution in [3.05, 3.63) is 48.0 Å². The zero-order valence-electron chi connectivity index (χ0n) is 15.0. The van der Waals surface area contributed by atoms with E-state index >= 15 is 0 Å². The minimum atomic E-state index is -4.33. The Bertz CT molecular complexity index is 724. The van der Waals surface area contributed by atoms with Crippen molar-refractivity contribution in [1.29, 1.82) is 0 Å². The number of aryl methyl sites for hydroxylation is 1. The third-order valence-corrected chi connectivity index (χ3v) is 5.53. The maximum Gasteiger partial charge on any atom is 0.416 e. The minimum absolute atomic E-state index is 0.0156. The monoisotopic (exact) mass is 380 g/mol. The normalized spacial score (nSPS) is 20.6. The molecule has 0 radical (unpaired) electrons. The lowest BCUT2D eigenvalue weighted by atomic mass is 10.0. The highest BCUT2D eigenvalue weighted by Gasteiger charge is 2.56. The van der Waals surface area contributed by atoms with E-state index in [1.165, 1.54) is 18.2 Å². The van der Waals surface area contributed by atoms with Crippen LogP contribution in [0.5, 0.6) is 0 Å². The van der Waals surface area contributed by atoms with Gasteiger partial charge in [0, 0.05) is 24.9 Å². The van der Waals surface area contributed by atoms with Gasteiger partial charge in [-0.3, -0.25) is 9.59 Å². The van der Waals surface area contributed by atoms with E-state index in [1.807, 2.05) is 0 Å². The minimum Gasteiger partial charge on any atom is -0.347 e. The lowest BCUT2D eigenvalue weighted by molar-refractivity contribution is -0.137. The van der Waals surface area contributed by atoms with Crippen molar-refractivity contribution in [3.8, 4) is 0 Å². The first-order valence-corrected chi connectivity index (χ1v) is 9.10. The topological polar surface area (TPSA) is 49.4 Å². The Labute approximate surface area is 156 Å². The summed E-state index contributed by atoms with van der Waals surface area (Å²) >= 11 is 0. The van der Waals surface area contributed by atoms with Gasteiger partial charge in [0.2, 0.25) is 11.8 Å². The predicted molar refractivity (Wildman–Crippen MR) is 94.8 cm³/mol. The van der Waals surface area contributed by atoms with Gasteiger partial charge >= 0.3 is 6.18 Å². The van der Waals surface area contributed by atoms with Gasteiger partial charge in [0.15, 0.2) is 0 Å². The maximum absolute atomic E-state index is 12.6. The van der Waals surface area contributed by atoms with E-state index in [2.05, 4.69) is 11.9 Å². The maximum atomic E-state index is 12.6. The van der Waals surface area contributed by atoms with Crippen LogP contribution in [-0.2, 0) is 22.2 Å². The molecule has 0 bridgehead atoms. The molecular weight excluding hydrogens is 357 g/mol. The van der Waals surface area contributed by atoms with E-state index in [-0.39, 0.29) is 23.3 Å². The lowest BCUT2D eigenvalue weighted by Crippen LogP contribution is -2.41. The molecule has 27 heavy (non-hydrogen) atoms. The van der Waals surface area contributed by atoms with Crippen molar-refractivity contribution in [2.45, 2.75) is 44.3 Å². The second-order valence-electron chi connectivity index (χ2n) is 7.45. The standard InChI is InChI=1S/C20H23F3N2O2/c1-2-17(26)24-16-12-25(13-19(16)10-11-19)18(27)5-3-4-14-6-8-15(9-7-14)20(21,22)23/h2,6-9,16H,1,3-5,10-13H2,(H,24,26). The van der Waals surface area contributed by atoms with Crippen molar-refractivity contribution in [1.82, 2.24) is 10.2 Å². The zero-order chi connectivity index (χ0) is 19.7. The second kappa shape index (κ2) is 7.37. The summed E-state index contributed by atoms with van der Waals surface area (Å²) in [7, 11) is 0. The van der Waals surface area contributed by atoms with Crippen LogP contribution in [0.3, 0.4) is 0 Å². The van der Waals surface area contributed by atoms with Gasteiger partial charge in [-0.15, -0.1) is 0 Å². The van der Waals surface area contributed by atoms with Crippen LogP contribution in [0, 0.1) is 5.41 Å². The van der Waals surface area contributed by atoms with Gasteiger partial charge in [-0.25, -0.2) is 0 Å². The molecule has 1 aliphatic carbocycles. The molecule has 1 heterocycles. The number of alkyl halides is 3. The molecule has 1 atom stereocenters. The molecule has 1 spiro atoms. The third-order valence-electron chi connectivity index (χ3n) is 5.53. The fraction of sp³-hybridized carbons (Fsp3) is 0.500. The Balaban J connectivity index is 1.47. The molecule has 1 unspecified atom stereocenters. The highest BCUT2D eigenvalue weighted by atomic mass is 19.4. The molecule has 4 nitrogen and oxygen atoms in total. The van der Waals surface area contributed by atoms with Crippen LogP contribution >= 0.6 is 0 Å². The molecule has 2 fully saturated rings. The number of rotatable bonds is 6. The van der Waals surface area contributed by atoms with Gasteiger partial charge in [0.1, 0.15) is 0 Å². The third kappa shape index (κ3) is 4.51. The quantitative estimate of drug-likeness (QED) is 0.770. The molecule has 1 saturated carbocycles. The Kier molecular flexibility index (Phi) is 5.31. The summed E-state index contributed by atoms with van der Waals surface area (Å²) in [6.45, 7) is 4.63. The molecular formula is C20H23F3N2O2. The highest BCUT2D eigenvalue weighted by Crippen LogP contribution is 2.52. The number of hydrogen-bond donors (Lipinski definition) is 1. The summed E-state index contributed by atoms with van der Waals surface area (Å²) in [6, 6.07) is 5.04. The van der Waals surface area contributed by atoms with Crippen LogP contribution in [0.1, 0.15) is 36.8 Å². The summed E-state index contributed by atoms with van der Waals surface area (Å²) in [6.07, 6.45) is 0.399. The molecule has 1 N–H and O–H groups in total. The van der Waals surface area contributed by atoms with Crippen LogP contribution in [0.25, 0.3) is 0 Å². The molecule has 7 heteroatoms. The van der Waals surface area contributed by atoms with Crippen LogP contribution in [0.15, 0.2) is 36.9 Å². The van der Waals surface area contributed by atoms with Gasteiger partial charge < -0.3 is 10.2 Å². The number of nitrogens with one attached hydrogen (secondary N) is 1. The van der Waals surface area contributed by atoms with Crippen molar-refractivity contribution in [2.24, 2.45) is 5.41 Å². The first kappa shape index (κ1) is 19.5. The van der Waals surface area contributed by atoms with Crippen molar-refractivity contribution >= 4 is 11.8 Å². The Hall–Kier alpha value is -2.31. The Morgan fingerprint density at radius 1 is 1.26 bits per heavy atom. The predicted octanol–water partition coefficient (Wildman–Crippen LogP) is 3.32. The summed E-state index contributed by atoms with van der Waals surface area (Å²) in [5.74, 6) is -0.189. The lowest BCUT2D eigenvalue weighted by Gasteiger charge is -2.17. The van der Waals surface area contributed by atoms with E-state index in [4.69, 9.17) is 0 Å². The average molecular weight is 380 g/mol. The molecule has 1 aromatic carbocycles. The second-order valence-corrected chi connectivity index (χ2v) is 7.45. The molecule has 2 amide bonds. The zero-order valence-corrected chi connectivity index (χ0v) is 15.0. The van der Waals surface area contributed by atoms with Crippen LogP contribution in [-0.4, -0.2) is 35.8 Å². The first-order chi connectivity index (χ1) is 12.7. The number of benzene rings is 1. The summed E-state index contributed by atoms with van der Waals surface area (Å²) in [4.78, 5) is 25.9. The van der Waals surface area contributed by atoms with Crippen LogP contribution in [0.2, 0.25) is 0 Å². The fourth-order valence-corrected chi connectivity index (χ4v) is 3.72. The Morgan fingerprint density at radius 2 is 1.93 bits per heavy atom. The molecule has 1 saturated heterocycles. The smallest absolute Gasteiger partial charge is 0.347 e. The molecule has 3 rings (SSSR count). The number of carbonyl (C=O) groups is 2. The van der Waals surface area contributed by atoms with Gasteiger partial charge in [0.05, 0.1) is 11.6 Å². The van der Waals surface area contributed by atoms with E-state index < -0.39 is 11.7 Å². The molecule has 1 aromatic rings. The average Bonchev–Trinajstić information content (AvgIpc) is 3.31. The van der Waals surface area contributed by atoms with E-state index in [9.17, 15) is 22.8 Å². The number of carbonyl (C=O) groups excluding carboxylic acids is 2. The van der Waals surface area contributed by atoms with E-state index in [0.29, 0.717) is 32.4 Å². The SMILES string of the molecule is C=CC(=O)NC1CN(C(=O)CCCc2ccc(C(F)(F)F)cc2)CC12CC2. The van der Waals surface area contributed by atoms with E-state index in [1.54, 1.807) is 4.90 Å². The van der Waals surface area contributed by atoms with E-state index in [0.717, 1.165) is 30.5 Å². The number of hydrogen-bond acceptors (Lipinski definition) is 2. The first-order valence-electron chi connectivity index (χ1n) is 9.10. The Morgan fingerprint density at radius 3 is 2.48 bits per heavy atom. The van der Waals surface area contributed by atoms with Crippen LogP contribution in [0.4, 0.5) is 13.2 Å². The van der Waals surface area contributed by atoms with Gasteiger partial charge in [-0.05, 0) is 49.5 Å². The summed E-state index contributed by atoms with van der Waals surface area (Å²) in [5.41, 5.74) is 0.135. The number of nitrogens with zero attached hydrogens (tertiary/aromatic N) is 1. The van der Waals surface area contributed by atoms with Crippen molar-refractivity contribution in [3.63, 3.8) is 0 Å². The molecule has 1 aliphatic heterocycles. The largest absolute Gasteiger partial charge is 0.416 e. The molecule has 0 aromatic heterocycles. The summed E-state index contributed by atoms with van der Waals surface area (Å²) in [5, 5.41) is 2.92. The van der Waals surface area contributed by atoms with Gasteiger partial charge in [-0.1, -0.05) is 18.7 Å². The van der Waals surface area contributed by atoms with Gasteiger partial charge in [0.25, 0.3) is 0 Å². The molecule has 2 aliphatic rings. The number of likely N-dealkylation sites (tertiary alicyclic amines) is 1. The van der Waals surface area contributed by atoms with Crippen molar-refractivity contribution in [2.75, 3.05) is 13.1 Å². The number of amides is 2. The van der Waals surface area contributed by atoms with Crippen LogP contribution < -0.4 is 5.32 Å². The highest BCUT2D eigenvalue weighted by molar-refractivity contribution is 5.87.